The molecule has 1 aromatic rings. The Hall–Kier alpha value is -2.11. The van der Waals surface area contributed by atoms with E-state index in [2.05, 4.69) is 9.47 Å². The number of halogens is 1. The highest BCUT2D eigenvalue weighted by Crippen LogP contribution is 2.11. The number of hydrogen-bond acceptors (Lipinski definition) is 5. The maximum Gasteiger partial charge on any atom is 0.344 e. The lowest BCUT2D eigenvalue weighted by molar-refractivity contribution is -0.144. The second-order valence-corrected chi connectivity index (χ2v) is 2.93. The molecule has 5 nitrogen and oxygen atoms in total. The number of ether oxygens (including phenoxy) is 2. The van der Waals surface area contributed by atoms with Crippen LogP contribution >= 0.6 is 0 Å². The van der Waals surface area contributed by atoms with E-state index in [1.165, 1.54) is 6.07 Å². The van der Waals surface area contributed by atoms with E-state index in [0.717, 1.165) is 19.2 Å². The number of esters is 2. The molecular weight excluding hydrogens is 217 g/mol. The van der Waals surface area contributed by atoms with E-state index in [9.17, 15) is 14.0 Å². The van der Waals surface area contributed by atoms with E-state index in [-0.39, 0.29) is 11.3 Å². The summed E-state index contributed by atoms with van der Waals surface area (Å²) in [6.45, 7) is -0.522. The summed E-state index contributed by atoms with van der Waals surface area (Å²) < 4.78 is 21.7. The van der Waals surface area contributed by atoms with Crippen LogP contribution in [0.15, 0.2) is 18.2 Å². The van der Waals surface area contributed by atoms with Gasteiger partial charge in [-0.1, -0.05) is 0 Å². The van der Waals surface area contributed by atoms with Crippen molar-refractivity contribution >= 4 is 17.6 Å². The number of rotatable bonds is 3. The third-order valence-electron chi connectivity index (χ3n) is 1.70. The van der Waals surface area contributed by atoms with Crippen molar-refractivity contribution in [3.63, 3.8) is 0 Å². The first kappa shape index (κ1) is 12.0. The molecule has 0 aliphatic carbocycles. The van der Waals surface area contributed by atoms with Crippen LogP contribution in [0.1, 0.15) is 10.4 Å². The fourth-order valence-electron chi connectivity index (χ4n) is 0.997. The largest absolute Gasteiger partial charge is 0.466 e. The van der Waals surface area contributed by atoms with Gasteiger partial charge in [0.2, 0.25) is 0 Å². The van der Waals surface area contributed by atoms with Crippen molar-refractivity contribution in [1.82, 2.24) is 0 Å². The fraction of sp³-hybridized carbons (Fsp3) is 0.200. The van der Waals surface area contributed by atoms with Crippen LogP contribution in [0.2, 0.25) is 0 Å². The molecule has 0 aliphatic rings. The molecule has 0 amide bonds. The molecule has 0 fully saturated rings. The minimum absolute atomic E-state index is 0.0543. The Morgan fingerprint density at radius 3 is 2.62 bits per heavy atom. The summed E-state index contributed by atoms with van der Waals surface area (Å²) in [5.74, 6) is -2.18. The third-order valence-corrected chi connectivity index (χ3v) is 1.70. The first-order valence-electron chi connectivity index (χ1n) is 4.33. The van der Waals surface area contributed by atoms with Gasteiger partial charge in [-0.15, -0.1) is 0 Å². The number of anilines is 1. The molecule has 0 spiro atoms. The van der Waals surface area contributed by atoms with Crippen LogP contribution in [0.25, 0.3) is 0 Å². The molecule has 0 unspecified atom stereocenters. The number of nitrogen functional groups attached to an aromatic ring is 1. The molecule has 0 aromatic heterocycles. The van der Waals surface area contributed by atoms with E-state index in [1.54, 1.807) is 0 Å². The molecular formula is C10H10FNO4. The van der Waals surface area contributed by atoms with Gasteiger partial charge in [0.1, 0.15) is 5.82 Å². The predicted octanol–water partition coefficient (Wildman–Crippen LogP) is 0.738. The van der Waals surface area contributed by atoms with E-state index in [1.807, 2.05) is 0 Å². The van der Waals surface area contributed by atoms with Gasteiger partial charge in [-0.3, -0.25) is 0 Å². The van der Waals surface area contributed by atoms with E-state index >= 15 is 0 Å². The van der Waals surface area contributed by atoms with Gasteiger partial charge >= 0.3 is 11.9 Å². The standard InChI is InChI=1S/C10H10FNO4/c1-15-9(13)5-16-10(14)6-2-7(11)4-8(12)3-6/h2-4H,5,12H2,1H3. The van der Waals surface area contributed by atoms with E-state index < -0.39 is 24.4 Å². The molecule has 0 atom stereocenters. The summed E-state index contributed by atoms with van der Waals surface area (Å²) in [6.07, 6.45) is 0. The molecule has 86 valence electrons. The number of methoxy groups -OCH3 is 1. The zero-order valence-electron chi connectivity index (χ0n) is 8.53. The quantitative estimate of drug-likeness (QED) is 0.608. The highest BCUT2D eigenvalue weighted by Gasteiger charge is 2.11. The first-order valence-corrected chi connectivity index (χ1v) is 4.33. The summed E-state index contributed by atoms with van der Waals surface area (Å²) in [5, 5.41) is 0. The summed E-state index contributed by atoms with van der Waals surface area (Å²) in [4.78, 5) is 22.0. The van der Waals surface area contributed by atoms with Crippen LogP contribution in [0.3, 0.4) is 0 Å². The Bertz CT molecular complexity index is 399. The zero-order chi connectivity index (χ0) is 12.1. The second kappa shape index (κ2) is 5.11. The summed E-state index contributed by atoms with van der Waals surface area (Å²) in [5.41, 5.74) is 5.39. The van der Waals surface area contributed by atoms with E-state index in [0.29, 0.717) is 0 Å². The molecule has 0 radical (unpaired) electrons. The van der Waals surface area contributed by atoms with Gasteiger partial charge < -0.3 is 15.2 Å². The average molecular weight is 227 g/mol. The van der Waals surface area contributed by atoms with Crippen LogP contribution in [-0.4, -0.2) is 25.7 Å². The van der Waals surface area contributed by atoms with Gasteiger partial charge in [0.15, 0.2) is 6.61 Å². The molecule has 6 heteroatoms. The first-order chi connectivity index (χ1) is 7.52. The average Bonchev–Trinajstić information content (AvgIpc) is 2.23. The molecule has 0 heterocycles. The lowest BCUT2D eigenvalue weighted by Crippen LogP contribution is -2.15. The molecule has 0 saturated carbocycles. The molecule has 16 heavy (non-hydrogen) atoms. The second-order valence-electron chi connectivity index (χ2n) is 2.93. The van der Waals surface area contributed by atoms with Crippen molar-refractivity contribution in [2.75, 3.05) is 19.5 Å². The number of benzene rings is 1. The highest BCUT2D eigenvalue weighted by molar-refractivity contribution is 5.91. The van der Waals surface area contributed by atoms with Crippen LogP contribution < -0.4 is 5.73 Å². The monoisotopic (exact) mass is 227 g/mol. The van der Waals surface area contributed by atoms with Gasteiger partial charge in [-0.05, 0) is 18.2 Å². The van der Waals surface area contributed by atoms with Crippen LogP contribution in [0, 0.1) is 5.82 Å². The lowest BCUT2D eigenvalue weighted by Gasteiger charge is -2.04. The third kappa shape index (κ3) is 3.23. The van der Waals surface area contributed by atoms with Gasteiger partial charge in [-0.25, -0.2) is 14.0 Å². The molecule has 0 saturated heterocycles. The number of carbonyl (C=O) groups is 2. The molecule has 0 aliphatic heterocycles. The summed E-state index contributed by atoms with van der Waals surface area (Å²) >= 11 is 0. The predicted molar refractivity (Wildman–Crippen MR) is 53.1 cm³/mol. The molecule has 2 N–H and O–H groups in total. The fourth-order valence-corrected chi connectivity index (χ4v) is 0.997. The van der Waals surface area contributed by atoms with Crippen LogP contribution in [0.4, 0.5) is 10.1 Å². The van der Waals surface area contributed by atoms with Gasteiger partial charge in [0, 0.05) is 5.69 Å². The highest BCUT2D eigenvalue weighted by atomic mass is 19.1. The number of nitrogens with two attached hydrogens (primary N) is 1. The molecule has 1 aromatic carbocycles. The van der Waals surface area contributed by atoms with Crippen molar-refractivity contribution in [3.8, 4) is 0 Å². The summed E-state index contributed by atoms with van der Waals surface area (Å²) in [7, 11) is 1.16. The zero-order valence-corrected chi connectivity index (χ0v) is 8.53. The van der Waals surface area contributed by atoms with Gasteiger partial charge in [0.25, 0.3) is 0 Å². The molecule has 1 rings (SSSR count). The lowest BCUT2D eigenvalue weighted by atomic mass is 10.2. The van der Waals surface area contributed by atoms with E-state index in [4.69, 9.17) is 5.73 Å². The van der Waals surface area contributed by atoms with Crippen molar-refractivity contribution in [1.29, 1.82) is 0 Å². The topological polar surface area (TPSA) is 78.6 Å². The summed E-state index contributed by atoms with van der Waals surface area (Å²) in [6, 6.07) is 3.29. The minimum Gasteiger partial charge on any atom is -0.466 e. The van der Waals surface area contributed by atoms with Crippen molar-refractivity contribution < 1.29 is 23.5 Å². The Morgan fingerprint density at radius 1 is 1.38 bits per heavy atom. The van der Waals surface area contributed by atoms with Gasteiger partial charge in [-0.2, -0.15) is 0 Å². The van der Waals surface area contributed by atoms with Crippen molar-refractivity contribution in [2.45, 2.75) is 0 Å². The Balaban J connectivity index is 2.69. The maximum atomic E-state index is 12.9. The number of hydrogen-bond donors (Lipinski definition) is 1. The minimum atomic E-state index is -0.836. The number of carbonyl (C=O) groups excluding carboxylic acids is 2. The Morgan fingerprint density at radius 2 is 2.06 bits per heavy atom. The van der Waals surface area contributed by atoms with Crippen LogP contribution in [0.5, 0.6) is 0 Å². The Labute approximate surface area is 90.9 Å². The van der Waals surface area contributed by atoms with Crippen molar-refractivity contribution in [3.05, 3.63) is 29.6 Å². The Kier molecular flexibility index (Phi) is 3.82. The van der Waals surface area contributed by atoms with Crippen LogP contribution in [-0.2, 0) is 14.3 Å². The van der Waals surface area contributed by atoms with Crippen molar-refractivity contribution in [2.24, 2.45) is 0 Å². The molecule has 0 bridgehead atoms. The normalized spacial score (nSPS) is 9.62. The maximum absolute atomic E-state index is 12.9. The van der Waals surface area contributed by atoms with Gasteiger partial charge in [0.05, 0.1) is 12.7 Å². The SMILES string of the molecule is COC(=O)COC(=O)c1cc(N)cc(F)c1. The smallest absolute Gasteiger partial charge is 0.344 e.